The van der Waals surface area contributed by atoms with E-state index in [1.165, 1.54) is 315 Å². The third-order valence-corrected chi connectivity index (χ3v) is 15.8. The van der Waals surface area contributed by atoms with Crippen molar-refractivity contribution in [3.05, 3.63) is 12.2 Å². The first-order chi connectivity index (χ1) is 36.0. The topological polar surface area (TPSA) is 95.9 Å². The predicted molar refractivity (Wildman–Crippen MR) is 320 cm³/mol. The molecule has 0 aromatic rings. The monoisotopic (exact) mass is 1030 g/mol. The first kappa shape index (κ1) is 71.6. The second-order valence-corrected chi connectivity index (χ2v) is 23.2. The number of esters is 1. The number of rotatable bonds is 63. The van der Waals surface area contributed by atoms with Gasteiger partial charge in [-0.1, -0.05) is 347 Å². The Bertz CT molecular complexity index is 1100. The zero-order valence-corrected chi connectivity index (χ0v) is 49.6. The van der Waals surface area contributed by atoms with Gasteiger partial charge in [0, 0.05) is 12.8 Å². The highest BCUT2D eigenvalue weighted by Crippen LogP contribution is 2.19. The van der Waals surface area contributed by atoms with Crippen LogP contribution in [0.5, 0.6) is 0 Å². The molecule has 3 N–H and O–H groups in total. The minimum Gasteiger partial charge on any atom is -0.466 e. The van der Waals surface area contributed by atoms with Crippen LogP contribution in [0.4, 0.5) is 0 Å². The molecule has 6 nitrogen and oxygen atoms in total. The molecule has 434 valence electrons. The van der Waals surface area contributed by atoms with Crippen LogP contribution in [0, 0.1) is 0 Å². The van der Waals surface area contributed by atoms with Gasteiger partial charge in [-0.3, -0.25) is 9.59 Å². The summed E-state index contributed by atoms with van der Waals surface area (Å²) >= 11 is 0. The smallest absolute Gasteiger partial charge is 0.305 e. The number of nitrogens with one attached hydrogen (secondary N) is 1. The molecule has 0 heterocycles. The molecule has 0 aliphatic carbocycles. The van der Waals surface area contributed by atoms with Crippen LogP contribution < -0.4 is 5.32 Å². The van der Waals surface area contributed by atoms with E-state index >= 15 is 0 Å². The summed E-state index contributed by atoms with van der Waals surface area (Å²) in [6.07, 6.45) is 76.9. The van der Waals surface area contributed by atoms with Crippen molar-refractivity contribution in [2.75, 3.05) is 13.2 Å². The van der Waals surface area contributed by atoms with E-state index in [9.17, 15) is 19.8 Å². The number of amides is 1. The molecule has 0 rings (SSSR count). The van der Waals surface area contributed by atoms with Crippen LogP contribution in [-0.2, 0) is 14.3 Å². The molecular weight excluding hydrogens is 899 g/mol. The fraction of sp³-hybridized carbons (Fsp3) is 0.940. The summed E-state index contributed by atoms with van der Waals surface area (Å²) < 4.78 is 5.50. The Morgan fingerprint density at radius 2 is 0.630 bits per heavy atom. The number of carbonyl (C=O) groups excluding carboxylic acids is 2. The molecule has 1 amide bonds. The van der Waals surface area contributed by atoms with Crippen molar-refractivity contribution in [2.24, 2.45) is 0 Å². The van der Waals surface area contributed by atoms with Gasteiger partial charge >= 0.3 is 5.97 Å². The van der Waals surface area contributed by atoms with E-state index in [1.807, 2.05) is 6.08 Å². The summed E-state index contributed by atoms with van der Waals surface area (Å²) in [5.41, 5.74) is 0. The quantitative estimate of drug-likeness (QED) is 0.0320. The van der Waals surface area contributed by atoms with Crippen molar-refractivity contribution in [1.29, 1.82) is 0 Å². The maximum atomic E-state index is 12.5. The highest BCUT2D eigenvalue weighted by atomic mass is 16.5. The Balaban J connectivity index is 3.42. The van der Waals surface area contributed by atoms with Crippen LogP contribution in [-0.4, -0.2) is 47.4 Å². The third-order valence-electron chi connectivity index (χ3n) is 15.8. The van der Waals surface area contributed by atoms with E-state index in [0.29, 0.717) is 19.4 Å². The molecular formula is C67H131NO5. The summed E-state index contributed by atoms with van der Waals surface area (Å²) in [6.45, 7) is 4.93. The van der Waals surface area contributed by atoms with Crippen molar-refractivity contribution in [3.8, 4) is 0 Å². The molecule has 0 aliphatic rings. The fourth-order valence-electron chi connectivity index (χ4n) is 10.7. The van der Waals surface area contributed by atoms with Crippen LogP contribution in [0.1, 0.15) is 380 Å². The first-order valence-corrected chi connectivity index (χ1v) is 33.5. The molecule has 0 radical (unpaired) electrons. The van der Waals surface area contributed by atoms with Gasteiger partial charge in [0.2, 0.25) is 5.91 Å². The first-order valence-electron chi connectivity index (χ1n) is 33.5. The number of unbranched alkanes of at least 4 members (excludes halogenated alkanes) is 52. The van der Waals surface area contributed by atoms with E-state index in [1.54, 1.807) is 6.08 Å². The van der Waals surface area contributed by atoms with Crippen LogP contribution in [0.3, 0.4) is 0 Å². The van der Waals surface area contributed by atoms with E-state index < -0.39 is 12.1 Å². The highest BCUT2D eigenvalue weighted by Gasteiger charge is 2.18. The molecule has 0 saturated carbocycles. The number of carbonyl (C=O) groups is 2. The summed E-state index contributed by atoms with van der Waals surface area (Å²) in [5.74, 6) is -0.0621. The van der Waals surface area contributed by atoms with Gasteiger partial charge in [-0.2, -0.15) is 0 Å². The van der Waals surface area contributed by atoms with Crippen molar-refractivity contribution in [2.45, 2.75) is 392 Å². The lowest BCUT2D eigenvalue weighted by molar-refractivity contribution is -0.143. The molecule has 0 aromatic carbocycles. The normalized spacial score (nSPS) is 12.5. The van der Waals surface area contributed by atoms with E-state index in [-0.39, 0.29) is 18.5 Å². The van der Waals surface area contributed by atoms with Gasteiger partial charge in [0.15, 0.2) is 0 Å². The molecule has 2 unspecified atom stereocenters. The second kappa shape index (κ2) is 63.1. The molecule has 0 spiro atoms. The molecule has 73 heavy (non-hydrogen) atoms. The molecule has 0 aromatic heterocycles. The van der Waals surface area contributed by atoms with Crippen molar-refractivity contribution in [1.82, 2.24) is 5.32 Å². The Labute approximate surface area is 457 Å². The number of aliphatic hydroxyl groups excluding tert-OH is 2. The maximum Gasteiger partial charge on any atom is 0.305 e. The molecule has 6 heteroatoms. The lowest BCUT2D eigenvalue weighted by atomic mass is 10.0. The molecule has 0 saturated heterocycles. The standard InChI is InChI=1S/C67H131NO5/c1-3-5-7-9-11-13-15-17-19-21-23-24-26-27-31-35-39-43-47-51-55-59-65(70)64(63-69)68-66(71)60-56-52-48-44-40-36-32-29-30-34-38-42-46-50-54-58-62-73-67(72)61-57-53-49-45-41-37-33-28-25-22-20-18-16-14-12-10-8-6-4-2/h55,59,64-65,69-70H,3-54,56-58,60-63H2,1-2H3,(H,68,71)/b59-55+. The van der Waals surface area contributed by atoms with Crippen LogP contribution >= 0.6 is 0 Å². The predicted octanol–water partition coefficient (Wildman–Crippen LogP) is 21.2. The van der Waals surface area contributed by atoms with Crippen molar-refractivity contribution >= 4 is 11.9 Å². The molecule has 0 aliphatic heterocycles. The number of hydrogen-bond donors (Lipinski definition) is 3. The van der Waals surface area contributed by atoms with Gasteiger partial charge in [-0.25, -0.2) is 0 Å². The average molecular weight is 1030 g/mol. The third kappa shape index (κ3) is 59.7. The van der Waals surface area contributed by atoms with Crippen LogP contribution in [0.15, 0.2) is 12.2 Å². The van der Waals surface area contributed by atoms with Gasteiger partial charge in [0.05, 0.1) is 25.4 Å². The number of hydrogen-bond acceptors (Lipinski definition) is 5. The highest BCUT2D eigenvalue weighted by molar-refractivity contribution is 5.76. The molecule has 0 fully saturated rings. The summed E-state index contributed by atoms with van der Waals surface area (Å²) in [6, 6.07) is -0.633. The minimum absolute atomic E-state index is 0.00816. The average Bonchev–Trinajstić information content (AvgIpc) is 3.39. The van der Waals surface area contributed by atoms with E-state index in [4.69, 9.17) is 4.74 Å². The van der Waals surface area contributed by atoms with Gasteiger partial charge in [0.25, 0.3) is 0 Å². The largest absolute Gasteiger partial charge is 0.466 e. The zero-order chi connectivity index (χ0) is 52.9. The van der Waals surface area contributed by atoms with Gasteiger partial charge < -0.3 is 20.3 Å². The summed E-state index contributed by atoms with van der Waals surface area (Å²) in [7, 11) is 0. The van der Waals surface area contributed by atoms with Gasteiger partial charge in [-0.15, -0.1) is 0 Å². The Hall–Kier alpha value is -1.40. The van der Waals surface area contributed by atoms with E-state index in [2.05, 4.69) is 19.2 Å². The lowest BCUT2D eigenvalue weighted by Crippen LogP contribution is -2.45. The fourth-order valence-corrected chi connectivity index (χ4v) is 10.7. The number of allylic oxidation sites excluding steroid dienone is 1. The lowest BCUT2D eigenvalue weighted by Gasteiger charge is -2.20. The number of aliphatic hydroxyl groups is 2. The van der Waals surface area contributed by atoms with Crippen molar-refractivity contribution < 1.29 is 24.5 Å². The second-order valence-electron chi connectivity index (χ2n) is 23.2. The Morgan fingerprint density at radius 3 is 0.932 bits per heavy atom. The van der Waals surface area contributed by atoms with Crippen LogP contribution in [0.2, 0.25) is 0 Å². The van der Waals surface area contributed by atoms with Crippen molar-refractivity contribution in [3.63, 3.8) is 0 Å². The molecule has 2 atom stereocenters. The van der Waals surface area contributed by atoms with Crippen LogP contribution in [0.25, 0.3) is 0 Å². The molecule has 0 bridgehead atoms. The summed E-state index contributed by atoms with van der Waals surface area (Å²) in [4.78, 5) is 24.6. The van der Waals surface area contributed by atoms with Gasteiger partial charge in [-0.05, 0) is 32.1 Å². The zero-order valence-electron chi connectivity index (χ0n) is 49.6. The summed E-state index contributed by atoms with van der Waals surface area (Å²) in [5, 5.41) is 23.2. The Morgan fingerprint density at radius 1 is 0.370 bits per heavy atom. The SMILES string of the molecule is CCCCCCCCCCCCCCCCCCCCC/C=C/C(O)C(CO)NC(=O)CCCCCCCCCCCCCCCCCCOC(=O)CCCCCCCCCCCCCCCCCCCCC. The minimum atomic E-state index is -0.849. The van der Waals surface area contributed by atoms with E-state index in [0.717, 1.165) is 38.5 Å². The van der Waals surface area contributed by atoms with Gasteiger partial charge in [0.1, 0.15) is 0 Å². The maximum absolute atomic E-state index is 12.5. The Kier molecular flexibility index (Phi) is 61.9. The number of ether oxygens (including phenoxy) is 1.